The molecule has 19 heavy (non-hydrogen) atoms. The molecule has 0 saturated carbocycles. The Morgan fingerprint density at radius 3 is 2.58 bits per heavy atom. The van der Waals surface area contributed by atoms with Gasteiger partial charge in [0.05, 0.1) is 5.69 Å². The number of aromatic nitrogens is 1. The lowest BCUT2D eigenvalue weighted by atomic mass is 10.1. The number of rotatable bonds is 6. The second-order valence-electron chi connectivity index (χ2n) is 5.09. The van der Waals surface area contributed by atoms with Gasteiger partial charge in [-0.2, -0.15) is 0 Å². The normalized spacial score (nSPS) is 12.0. The van der Waals surface area contributed by atoms with Gasteiger partial charge in [0.25, 0.3) is 0 Å². The van der Waals surface area contributed by atoms with Gasteiger partial charge in [0.1, 0.15) is 5.76 Å². The van der Waals surface area contributed by atoms with Gasteiger partial charge >= 0.3 is 0 Å². The average molecular weight is 266 g/mol. The van der Waals surface area contributed by atoms with Crippen molar-refractivity contribution in [1.82, 2.24) is 15.8 Å². The molecule has 0 spiro atoms. The van der Waals surface area contributed by atoms with Gasteiger partial charge in [0, 0.05) is 25.2 Å². The van der Waals surface area contributed by atoms with Crippen molar-refractivity contribution in [3.8, 4) is 0 Å². The molecule has 0 fully saturated rings. The van der Waals surface area contributed by atoms with Gasteiger partial charge in [-0.05, 0) is 33.1 Å². The van der Waals surface area contributed by atoms with E-state index in [9.17, 15) is 0 Å². The molecule has 1 aromatic heterocycles. The Bertz CT molecular complexity index is 390. The van der Waals surface area contributed by atoms with E-state index in [-0.39, 0.29) is 0 Å². The number of nitrogens with zero attached hydrogens (tertiary/aromatic N) is 2. The summed E-state index contributed by atoms with van der Waals surface area (Å²) >= 11 is 0. The lowest BCUT2D eigenvalue weighted by Gasteiger charge is -2.11. The molecule has 0 aliphatic carbocycles. The van der Waals surface area contributed by atoms with E-state index < -0.39 is 0 Å². The van der Waals surface area contributed by atoms with Crippen LogP contribution in [-0.4, -0.2) is 30.8 Å². The minimum Gasteiger partial charge on any atom is -0.361 e. The maximum Gasteiger partial charge on any atom is 0.191 e. The van der Waals surface area contributed by atoms with Gasteiger partial charge in [0.15, 0.2) is 5.96 Å². The number of aryl methyl sites for hydroxylation is 2. The summed E-state index contributed by atoms with van der Waals surface area (Å²) in [6, 6.07) is 0. The first kappa shape index (κ1) is 15.5. The van der Waals surface area contributed by atoms with Gasteiger partial charge in [-0.25, -0.2) is 0 Å². The molecule has 1 heterocycles. The van der Waals surface area contributed by atoms with Crippen molar-refractivity contribution in [2.75, 3.05) is 19.6 Å². The number of hydrogen-bond donors (Lipinski definition) is 2. The first-order chi connectivity index (χ1) is 9.04. The second kappa shape index (κ2) is 7.81. The molecule has 0 aliphatic heterocycles. The third kappa shape index (κ3) is 5.32. The third-order valence-corrected chi connectivity index (χ3v) is 2.81. The smallest absolute Gasteiger partial charge is 0.191 e. The van der Waals surface area contributed by atoms with Gasteiger partial charge in [-0.1, -0.05) is 19.0 Å². The minimum absolute atomic E-state index is 0.568. The van der Waals surface area contributed by atoms with E-state index in [0.717, 1.165) is 43.5 Å². The zero-order chi connectivity index (χ0) is 14.3. The van der Waals surface area contributed by atoms with Gasteiger partial charge in [0.2, 0.25) is 0 Å². The van der Waals surface area contributed by atoms with E-state index in [4.69, 9.17) is 4.52 Å². The molecule has 5 heteroatoms. The van der Waals surface area contributed by atoms with Crippen LogP contribution in [0, 0.1) is 19.8 Å². The van der Waals surface area contributed by atoms with E-state index in [1.54, 1.807) is 0 Å². The predicted molar refractivity (Wildman–Crippen MR) is 78.5 cm³/mol. The first-order valence-electron chi connectivity index (χ1n) is 6.98. The van der Waals surface area contributed by atoms with E-state index >= 15 is 0 Å². The van der Waals surface area contributed by atoms with E-state index in [1.807, 2.05) is 13.8 Å². The molecule has 1 aromatic rings. The Morgan fingerprint density at radius 1 is 1.32 bits per heavy atom. The van der Waals surface area contributed by atoms with Crippen LogP contribution < -0.4 is 10.6 Å². The zero-order valence-corrected chi connectivity index (χ0v) is 12.7. The van der Waals surface area contributed by atoms with Crippen LogP contribution in [0.15, 0.2) is 9.52 Å². The number of guanidine groups is 1. The Labute approximate surface area is 115 Å². The molecule has 108 valence electrons. The van der Waals surface area contributed by atoms with E-state index in [0.29, 0.717) is 5.92 Å². The standard InChI is InChI=1S/C14H26N4O/c1-6-15-14(17-9-10(2)3)16-8-7-13-11(4)18-19-12(13)5/h10H,6-9H2,1-5H3,(H2,15,16,17). The number of aliphatic imine (C=N–C) groups is 1. The molecular formula is C14H26N4O. The monoisotopic (exact) mass is 266 g/mol. The van der Waals surface area contributed by atoms with Crippen LogP contribution in [0.5, 0.6) is 0 Å². The fourth-order valence-corrected chi connectivity index (χ4v) is 1.78. The molecule has 0 aliphatic rings. The Morgan fingerprint density at radius 2 is 2.05 bits per heavy atom. The molecule has 1 rings (SSSR count). The van der Waals surface area contributed by atoms with Crippen molar-refractivity contribution in [2.24, 2.45) is 10.9 Å². The molecule has 0 atom stereocenters. The summed E-state index contributed by atoms with van der Waals surface area (Å²) in [5.41, 5.74) is 2.16. The summed E-state index contributed by atoms with van der Waals surface area (Å²) in [5, 5.41) is 10.5. The van der Waals surface area contributed by atoms with Crippen molar-refractivity contribution in [3.05, 3.63) is 17.0 Å². The summed E-state index contributed by atoms with van der Waals surface area (Å²) in [6.45, 7) is 12.9. The molecule has 0 aromatic carbocycles. The lowest BCUT2D eigenvalue weighted by Crippen LogP contribution is -2.38. The quantitative estimate of drug-likeness (QED) is 0.611. The van der Waals surface area contributed by atoms with Gasteiger partial charge < -0.3 is 15.2 Å². The van der Waals surface area contributed by atoms with Crippen molar-refractivity contribution in [1.29, 1.82) is 0 Å². The Hall–Kier alpha value is -1.52. The Kier molecular flexibility index (Phi) is 6.39. The maximum absolute atomic E-state index is 5.16. The summed E-state index contributed by atoms with van der Waals surface area (Å²) in [6.07, 6.45) is 0.896. The van der Waals surface area contributed by atoms with Crippen LogP contribution in [0.4, 0.5) is 0 Å². The maximum atomic E-state index is 5.16. The van der Waals surface area contributed by atoms with Crippen LogP contribution >= 0.6 is 0 Å². The fourth-order valence-electron chi connectivity index (χ4n) is 1.78. The number of nitrogens with one attached hydrogen (secondary N) is 2. The largest absolute Gasteiger partial charge is 0.361 e. The van der Waals surface area contributed by atoms with Crippen LogP contribution in [-0.2, 0) is 6.42 Å². The minimum atomic E-state index is 0.568. The Balaban J connectivity index is 2.46. The molecule has 5 nitrogen and oxygen atoms in total. The third-order valence-electron chi connectivity index (χ3n) is 2.81. The van der Waals surface area contributed by atoms with Crippen LogP contribution in [0.25, 0.3) is 0 Å². The van der Waals surface area contributed by atoms with Crippen LogP contribution in [0.3, 0.4) is 0 Å². The van der Waals surface area contributed by atoms with Crippen molar-refractivity contribution in [3.63, 3.8) is 0 Å². The molecular weight excluding hydrogens is 240 g/mol. The number of hydrogen-bond acceptors (Lipinski definition) is 3. The molecule has 0 bridgehead atoms. The highest BCUT2D eigenvalue weighted by molar-refractivity contribution is 5.79. The highest BCUT2D eigenvalue weighted by Gasteiger charge is 2.08. The summed E-state index contributed by atoms with van der Waals surface area (Å²) in [7, 11) is 0. The highest BCUT2D eigenvalue weighted by atomic mass is 16.5. The molecule has 0 radical (unpaired) electrons. The predicted octanol–water partition coefficient (Wildman–Crippen LogP) is 2.05. The molecule has 0 amide bonds. The highest BCUT2D eigenvalue weighted by Crippen LogP contribution is 2.11. The van der Waals surface area contributed by atoms with Gasteiger partial charge in [-0.3, -0.25) is 4.99 Å². The SMILES string of the molecule is CCNC(=NCC(C)C)NCCc1c(C)noc1C. The summed E-state index contributed by atoms with van der Waals surface area (Å²) < 4.78 is 5.16. The lowest BCUT2D eigenvalue weighted by molar-refractivity contribution is 0.392. The molecule has 0 saturated heterocycles. The van der Waals surface area contributed by atoms with Crippen molar-refractivity contribution < 1.29 is 4.52 Å². The average Bonchev–Trinajstić information content (AvgIpc) is 2.67. The summed E-state index contributed by atoms with van der Waals surface area (Å²) in [5.74, 6) is 2.35. The molecule has 2 N–H and O–H groups in total. The van der Waals surface area contributed by atoms with E-state index in [1.165, 1.54) is 5.56 Å². The molecule has 0 unspecified atom stereocenters. The van der Waals surface area contributed by atoms with Crippen LogP contribution in [0.1, 0.15) is 37.8 Å². The topological polar surface area (TPSA) is 62.5 Å². The van der Waals surface area contributed by atoms with Crippen LogP contribution in [0.2, 0.25) is 0 Å². The van der Waals surface area contributed by atoms with Crippen molar-refractivity contribution in [2.45, 2.75) is 41.0 Å². The van der Waals surface area contributed by atoms with Crippen molar-refractivity contribution >= 4 is 5.96 Å². The van der Waals surface area contributed by atoms with Gasteiger partial charge in [-0.15, -0.1) is 0 Å². The summed E-state index contributed by atoms with van der Waals surface area (Å²) in [4.78, 5) is 4.53. The first-order valence-corrected chi connectivity index (χ1v) is 6.98. The zero-order valence-electron chi connectivity index (χ0n) is 12.7. The second-order valence-corrected chi connectivity index (χ2v) is 5.09. The fraction of sp³-hybridized carbons (Fsp3) is 0.714. The van der Waals surface area contributed by atoms with E-state index in [2.05, 4.69) is 41.6 Å².